The average Bonchev–Trinajstić information content (AvgIpc) is 2.57. The highest BCUT2D eigenvalue weighted by atomic mass is 19.1. The Hall–Kier alpha value is -1.09. The van der Waals surface area contributed by atoms with E-state index in [2.05, 4.69) is 0 Å². The molecule has 0 spiro atoms. The van der Waals surface area contributed by atoms with Crippen molar-refractivity contribution in [2.75, 3.05) is 6.54 Å². The van der Waals surface area contributed by atoms with Crippen LogP contribution in [0.2, 0.25) is 0 Å². The molecule has 1 aliphatic carbocycles. The van der Waals surface area contributed by atoms with Crippen LogP contribution in [0.5, 0.6) is 5.75 Å². The fourth-order valence-electron chi connectivity index (χ4n) is 2.55. The van der Waals surface area contributed by atoms with E-state index in [1.807, 2.05) is 6.07 Å². The summed E-state index contributed by atoms with van der Waals surface area (Å²) in [6, 6.07) is 4.93. The van der Waals surface area contributed by atoms with Crippen LogP contribution in [0.4, 0.5) is 4.39 Å². The molecule has 0 radical (unpaired) electrons. The molecule has 1 aliphatic rings. The third kappa shape index (κ3) is 3.98. The lowest BCUT2D eigenvalue weighted by Gasteiger charge is -2.17. The molecule has 1 fully saturated rings. The van der Waals surface area contributed by atoms with Gasteiger partial charge in [-0.2, -0.15) is 0 Å². The van der Waals surface area contributed by atoms with Crippen LogP contribution in [-0.2, 0) is 6.42 Å². The quantitative estimate of drug-likeness (QED) is 0.832. The number of ether oxygens (including phenoxy) is 1. The monoisotopic (exact) mass is 251 g/mol. The Morgan fingerprint density at radius 2 is 1.83 bits per heavy atom. The van der Waals surface area contributed by atoms with E-state index in [0.29, 0.717) is 18.7 Å². The van der Waals surface area contributed by atoms with Crippen LogP contribution in [0, 0.1) is 5.82 Å². The molecule has 18 heavy (non-hydrogen) atoms. The van der Waals surface area contributed by atoms with Crippen molar-refractivity contribution in [3.8, 4) is 5.75 Å². The van der Waals surface area contributed by atoms with Gasteiger partial charge in [0.1, 0.15) is 11.6 Å². The van der Waals surface area contributed by atoms with Gasteiger partial charge < -0.3 is 10.5 Å². The van der Waals surface area contributed by atoms with Gasteiger partial charge in [-0.3, -0.25) is 0 Å². The number of hydrogen-bond acceptors (Lipinski definition) is 2. The third-order valence-electron chi connectivity index (χ3n) is 3.47. The molecule has 1 aromatic carbocycles. The van der Waals surface area contributed by atoms with Crippen LogP contribution < -0.4 is 10.5 Å². The van der Waals surface area contributed by atoms with E-state index in [9.17, 15) is 4.39 Å². The Morgan fingerprint density at radius 1 is 1.11 bits per heavy atom. The van der Waals surface area contributed by atoms with Crippen LogP contribution in [0.3, 0.4) is 0 Å². The summed E-state index contributed by atoms with van der Waals surface area (Å²) in [5.41, 5.74) is 6.42. The van der Waals surface area contributed by atoms with Crippen molar-refractivity contribution < 1.29 is 9.13 Å². The minimum absolute atomic E-state index is 0.232. The highest BCUT2D eigenvalue weighted by molar-refractivity contribution is 5.30. The zero-order chi connectivity index (χ0) is 12.8. The largest absolute Gasteiger partial charge is 0.490 e. The summed E-state index contributed by atoms with van der Waals surface area (Å²) in [6.07, 6.45) is 8.14. The molecule has 0 bridgehead atoms. The highest BCUT2D eigenvalue weighted by Crippen LogP contribution is 2.24. The Bertz CT molecular complexity index is 373. The molecule has 1 saturated carbocycles. The van der Waals surface area contributed by atoms with Gasteiger partial charge in [-0.05, 0) is 56.3 Å². The Labute approximate surface area is 108 Å². The summed E-state index contributed by atoms with van der Waals surface area (Å²) in [4.78, 5) is 0. The second kappa shape index (κ2) is 6.74. The zero-order valence-corrected chi connectivity index (χ0v) is 10.8. The molecule has 2 rings (SSSR count). The van der Waals surface area contributed by atoms with Gasteiger partial charge in [0.15, 0.2) is 0 Å². The minimum Gasteiger partial charge on any atom is -0.490 e. The predicted octanol–water partition coefficient (Wildman–Crippen LogP) is 3.43. The lowest BCUT2D eigenvalue weighted by atomic mass is 10.1. The third-order valence-corrected chi connectivity index (χ3v) is 3.47. The molecule has 0 aliphatic heterocycles. The minimum atomic E-state index is -0.232. The van der Waals surface area contributed by atoms with E-state index < -0.39 is 0 Å². The maximum absolute atomic E-state index is 13.5. The summed E-state index contributed by atoms with van der Waals surface area (Å²) < 4.78 is 19.4. The molecular weight excluding hydrogens is 229 g/mol. The van der Waals surface area contributed by atoms with Crippen LogP contribution in [0.25, 0.3) is 0 Å². The topological polar surface area (TPSA) is 35.2 Å². The molecule has 100 valence electrons. The first kappa shape index (κ1) is 13.3. The number of hydrogen-bond donors (Lipinski definition) is 1. The predicted molar refractivity (Wildman–Crippen MR) is 71.3 cm³/mol. The van der Waals surface area contributed by atoms with Crippen molar-refractivity contribution in [2.24, 2.45) is 5.73 Å². The van der Waals surface area contributed by atoms with Crippen molar-refractivity contribution in [2.45, 2.75) is 51.0 Å². The van der Waals surface area contributed by atoms with Gasteiger partial charge in [0.2, 0.25) is 0 Å². The van der Waals surface area contributed by atoms with Gasteiger partial charge in [0.25, 0.3) is 0 Å². The summed E-state index contributed by atoms with van der Waals surface area (Å²) >= 11 is 0. The van der Waals surface area contributed by atoms with Gasteiger partial charge in [0, 0.05) is 6.07 Å². The van der Waals surface area contributed by atoms with E-state index in [1.165, 1.54) is 37.8 Å². The standard InChI is InChI=1S/C15H22FNO/c16-13-9-12(7-8-17)10-15(11-13)18-14-5-3-1-2-4-6-14/h9-11,14H,1-8,17H2. The Balaban J connectivity index is 2.02. The fourth-order valence-corrected chi connectivity index (χ4v) is 2.55. The van der Waals surface area contributed by atoms with E-state index in [1.54, 1.807) is 0 Å². The van der Waals surface area contributed by atoms with Crippen molar-refractivity contribution in [3.63, 3.8) is 0 Å². The van der Waals surface area contributed by atoms with Crippen LogP contribution in [0.1, 0.15) is 44.1 Å². The smallest absolute Gasteiger partial charge is 0.127 e. The van der Waals surface area contributed by atoms with Crippen LogP contribution in [0.15, 0.2) is 18.2 Å². The van der Waals surface area contributed by atoms with Crippen molar-refractivity contribution in [1.82, 2.24) is 0 Å². The Kier molecular flexibility index (Phi) is 5.00. The summed E-state index contributed by atoms with van der Waals surface area (Å²) in [7, 11) is 0. The van der Waals surface area contributed by atoms with Gasteiger partial charge >= 0.3 is 0 Å². The summed E-state index contributed by atoms with van der Waals surface area (Å²) in [5.74, 6) is 0.426. The van der Waals surface area contributed by atoms with Gasteiger partial charge in [-0.15, -0.1) is 0 Å². The first-order chi connectivity index (χ1) is 8.78. The molecule has 0 saturated heterocycles. The second-order valence-electron chi connectivity index (χ2n) is 5.07. The van der Waals surface area contributed by atoms with Crippen molar-refractivity contribution in [1.29, 1.82) is 0 Å². The second-order valence-corrected chi connectivity index (χ2v) is 5.07. The van der Waals surface area contributed by atoms with Crippen molar-refractivity contribution in [3.05, 3.63) is 29.6 Å². The molecule has 0 atom stereocenters. The number of halogens is 1. The molecule has 2 N–H and O–H groups in total. The van der Waals surface area contributed by atoms with Gasteiger partial charge in [-0.25, -0.2) is 4.39 Å². The van der Waals surface area contributed by atoms with E-state index in [0.717, 1.165) is 18.4 Å². The molecule has 0 heterocycles. The SMILES string of the molecule is NCCc1cc(F)cc(OC2CCCCCC2)c1. The van der Waals surface area contributed by atoms with Crippen LogP contribution >= 0.6 is 0 Å². The molecule has 1 aromatic rings. The molecule has 3 heteroatoms. The van der Waals surface area contributed by atoms with E-state index in [4.69, 9.17) is 10.5 Å². The number of rotatable bonds is 4. The Morgan fingerprint density at radius 3 is 2.50 bits per heavy atom. The highest BCUT2D eigenvalue weighted by Gasteiger charge is 2.14. The maximum Gasteiger partial charge on any atom is 0.127 e. The molecule has 2 nitrogen and oxygen atoms in total. The summed E-state index contributed by atoms with van der Waals surface area (Å²) in [5, 5.41) is 0. The van der Waals surface area contributed by atoms with E-state index >= 15 is 0 Å². The normalized spacial score (nSPS) is 17.4. The molecular formula is C15H22FNO. The number of nitrogens with two attached hydrogens (primary N) is 1. The maximum atomic E-state index is 13.5. The van der Waals surface area contributed by atoms with Gasteiger partial charge in [-0.1, -0.05) is 12.8 Å². The first-order valence-electron chi connectivity index (χ1n) is 6.94. The fraction of sp³-hybridized carbons (Fsp3) is 0.600. The van der Waals surface area contributed by atoms with Crippen molar-refractivity contribution >= 4 is 0 Å². The molecule has 0 amide bonds. The first-order valence-corrected chi connectivity index (χ1v) is 6.94. The number of benzene rings is 1. The van der Waals surface area contributed by atoms with Crippen LogP contribution in [-0.4, -0.2) is 12.6 Å². The lowest BCUT2D eigenvalue weighted by Crippen LogP contribution is -2.15. The van der Waals surface area contributed by atoms with E-state index in [-0.39, 0.29) is 11.9 Å². The average molecular weight is 251 g/mol. The zero-order valence-electron chi connectivity index (χ0n) is 10.8. The molecule has 0 aromatic heterocycles. The summed E-state index contributed by atoms with van der Waals surface area (Å²) in [6.45, 7) is 0.534. The lowest BCUT2D eigenvalue weighted by molar-refractivity contribution is 0.183. The molecule has 0 unspecified atom stereocenters. The van der Waals surface area contributed by atoms with Gasteiger partial charge in [0.05, 0.1) is 6.10 Å².